The van der Waals surface area contributed by atoms with E-state index in [1.54, 1.807) is 29.2 Å². The van der Waals surface area contributed by atoms with Crippen molar-refractivity contribution in [2.24, 2.45) is 0 Å². The Labute approximate surface area is 159 Å². The summed E-state index contributed by atoms with van der Waals surface area (Å²) >= 11 is 0. The first-order valence-corrected chi connectivity index (χ1v) is 9.23. The van der Waals surface area contributed by atoms with Gasteiger partial charge in [0.2, 0.25) is 5.91 Å². The van der Waals surface area contributed by atoms with E-state index < -0.39 is 0 Å². The molecule has 1 aliphatic rings. The number of nitrogens with zero attached hydrogens (tertiary/aromatic N) is 1. The third-order valence-electron chi connectivity index (χ3n) is 4.29. The molecule has 0 unspecified atom stereocenters. The zero-order valence-corrected chi connectivity index (χ0v) is 15.7. The van der Waals surface area contributed by atoms with Crippen molar-refractivity contribution in [3.8, 4) is 11.5 Å². The number of carbonyl (C=O) groups excluding carboxylic acids is 2. The van der Waals surface area contributed by atoms with Gasteiger partial charge < -0.3 is 19.7 Å². The zero-order chi connectivity index (χ0) is 19.2. The standard InChI is InChI=1S/C21H24N2O4/c1-3-26-18-11-10-15(13-19(18)27-4-2)21(25)22-16-7-5-8-17(14-16)23-12-6-9-20(23)24/h5,7-8,10-11,13-14H,3-4,6,9,12H2,1-2H3,(H,22,25). The van der Waals surface area contributed by atoms with E-state index in [9.17, 15) is 9.59 Å². The molecule has 6 nitrogen and oxygen atoms in total. The van der Waals surface area contributed by atoms with Gasteiger partial charge in [-0.1, -0.05) is 6.07 Å². The van der Waals surface area contributed by atoms with Gasteiger partial charge in [-0.15, -0.1) is 0 Å². The number of amides is 2. The van der Waals surface area contributed by atoms with Crippen LogP contribution in [0.3, 0.4) is 0 Å². The maximum Gasteiger partial charge on any atom is 0.255 e. The third kappa shape index (κ3) is 4.39. The van der Waals surface area contributed by atoms with E-state index in [1.807, 2.05) is 32.0 Å². The number of anilines is 2. The van der Waals surface area contributed by atoms with Crippen molar-refractivity contribution in [2.45, 2.75) is 26.7 Å². The lowest BCUT2D eigenvalue weighted by Crippen LogP contribution is -2.23. The summed E-state index contributed by atoms with van der Waals surface area (Å²) in [7, 11) is 0. The average Bonchev–Trinajstić information content (AvgIpc) is 3.10. The van der Waals surface area contributed by atoms with Gasteiger partial charge in [-0.25, -0.2) is 0 Å². The van der Waals surface area contributed by atoms with Crippen molar-refractivity contribution in [3.63, 3.8) is 0 Å². The van der Waals surface area contributed by atoms with Crippen LogP contribution in [0.5, 0.6) is 11.5 Å². The van der Waals surface area contributed by atoms with Crippen LogP contribution in [0.1, 0.15) is 37.0 Å². The predicted octanol–water partition coefficient (Wildman–Crippen LogP) is 3.86. The number of carbonyl (C=O) groups is 2. The Morgan fingerprint density at radius 2 is 1.85 bits per heavy atom. The average molecular weight is 368 g/mol. The summed E-state index contributed by atoms with van der Waals surface area (Å²) < 4.78 is 11.1. The minimum atomic E-state index is -0.246. The Kier molecular flexibility index (Phi) is 5.96. The van der Waals surface area contributed by atoms with Crippen molar-refractivity contribution in [1.29, 1.82) is 0 Å². The van der Waals surface area contributed by atoms with Gasteiger partial charge in [-0.2, -0.15) is 0 Å². The number of benzene rings is 2. The predicted molar refractivity (Wildman–Crippen MR) is 105 cm³/mol. The summed E-state index contributed by atoms with van der Waals surface area (Å²) in [6.45, 7) is 5.50. The van der Waals surface area contributed by atoms with Gasteiger partial charge in [0.1, 0.15) is 0 Å². The summed E-state index contributed by atoms with van der Waals surface area (Å²) in [5.74, 6) is 1.03. The minimum absolute atomic E-state index is 0.117. The topological polar surface area (TPSA) is 67.9 Å². The summed E-state index contributed by atoms with van der Waals surface area (Å²) in [5, 5.41) is 2.88. The number of ether oxygens (including phenoxy) is 2. The van der Waals surface area contributed by atoms with E-state index in [4.69, 9.17) is 9.47 Å². The molecule has 142 valence electrons. The highest BCUT2D eigenvalue weighted by molar-refractivity contribution is 6.05. The number of nitrogens with one attached hydrogen (secondary N) is 1. The first-order chi connectivity index (χ1) is 13.1. The van der Waals surface area contributed by atoms with Crippen LogP contribution in [0.4, 0.5) is 11.4 Å². The number of rotatable bonds is 7. The Hall–Kier alpha value is -3.02. The third-order valence-corrected chi connectivity index (χ3v) is 4.29. The largest absolute Gasteiger partial charge is 0.490 e. The number of hydrogen-bond donors (Lipinski definition) is 1. The minimum Gasteiger partial charge on any atom is -0.490 e. The molecule has 0 radical (unpaired) electrons. The van der Waals surface area contributed by atoms with Crippen molar-refractivity contribution in [1.82, 2.24) is 0 Å². The van der Waals surface area contributed by atoms with Crippen LogP contribution in [0, 0.1) is 0 Å². The maximum atomic E-state index is 12.6. The van der Waals surface area contributed by atoms with E-state index in [1.165, 1.54) is 0 Å². The first-order valence-electron chi connectivity index (χ1n) is 9.23. The molecule has 1 aliphatic heterocycles. The molecule has 1 fully saturated rings. The Morgan fingerprint density at radius 1 is 1.07 bits per heavy atom. The van der Waals surface area contributed by atoms with Gasteiger partial charge in [0.15, 0.2) is 11.5 Å². The molecule has 6 heteroatoms. The molecule has 2 aromatic carbocycles. The molecule has 0 bridgehead atoms. The van der Waals surface area contributed by atoms with Crippen molar-refractivity contribution >= 4 is 23.2 Å². The monoisotopic (exact) mass is 368 g/mol. The number of hydrogen-bond acceptors (Lipinski definition) is 4. The van der Waals surface area contributed by atoms with Gasteiger partial charge in [-0.05, 0) is 56.7 Å². The van der Waals surface area contributed by atoms with Gasteiger partial charge in [0.05, 0.1) is 13.2 Å². The molecule has 1 N–H and O–H groups in total. The van der Waals surface area contributed by atoms with Crippen LogP contribution >= 0.6 is 0 Å². The van der Waals surface area contributed by atoms with Crippen LogP contribution in [0.25, 0.3) is 0 Å². The molecule has 27 heavy (non-hydrogen) atoms. The van der Waals surface area contributed by atoms with Crippen molar-refractivity contribution < 1.29 is 19.1 Å². The van der Waals surface area contributed by atoms with Gasteiger partial charge in [0.25, 0.3) is 5.91 Å². The second-order valence-electron chi connectivity index (χ2n) is 6.18. The highest BCUT2D eigenvalue weighted by Crippen LogP contribution is 2.29. The van der Waals surface area contributed by atoms with E-state index >= 15 is 0 Å². The van der Waals surface area contributed by atoms with E-state index in [-0.39, 0.29) is 11.8 Å². The molecular weight excluding hydrogens is 344 g/mol. The molecular formula is C21H24N2O4. The van der Waals surface area contributed by atoms with Gasteiger partial charge >= 0.3 is 0 Å². The fourth-order valence-electron chi connectivity index (χ4n) is 3.07. The molecule has 0 aliphatic carbocycles. The fraction of sp³-hybridized carbons (Fsp3) is 0.333. The highest BCUT2D eigenvalue weighted by atomic mass is 16.5. The summed E-state index contributed by atoms with van der Waals surface area (Å²) in [5.41, 5.74) is 1.92. The highest BCUT2D eigenvalue weighted by Gasteiger charge is 2.22. The molecule has 2 aromatic rings. The van der Waals surface area contributed by atoms with Crippen LogP contribution in [-0.4, -0.2) is 31.6 Å². The molecule has 2 amide bonds. The van der Waals surface area contributed by atoms with Crippen molar-refractivity contribution in [2.75, 3.05) is 30.0 Å². The van der Waals surface area contributed by atoms with Crippen molar-refractivity contribution in [3.05, 3.63) is 48.0 Å². The lowest BCUT2D eigenvalue weighted by atomic mass is 10.1. The Bertz CT molecular complexity index is 835. The van der Waals surface area contributed by atoms with E-state index in [2.05, 4.69) is 5.32 Å². The zero-order valence-electron chi connectivity index (χ0n) is 15.7. The Balaban J connectivity index is 1.77. The Morgan fingerprint density at radius 3 is 2.56 bits per heavy atom. The van der Waals surface area contributed by atoms with Crippen LogP contribution in [-0.2, 0) is 4.79 Å². The molecule has 3 rings (SSSR count). The first kappa shape index (κ1) is 18.8. The van der Waals surface area contributed by atoms with E-state index in [0.29, 0.717) is 48.9 Å². The smallest absolute Gasteiger partial charge is 0.255 e. The van der Waals surface area contributed by atoms with Crippen LogP contribution in [0.15, 0.2) is 42.5 Å². The molecule has 0 aromatic heterocycles. The fourth-order valence-corrected chi connectivity index (χ4v) is 3.07. The second-order valence-corrected chi connectivity index (χ2v) is 6.18. The van der Waals surface area contributed by atoms with E-state index in [0.717, 1.165) is 12.1 Å². The van der Waals surface area contributed by atoms with Crippen LogP contribution in [0.2, 0.25) is 0 Å². The normalized spacial score (nSPS) is 13.6. The lowest BCUT2D eigenvalue weighted by molar-refractivity contribution is -0.117. The quantitative estimate of drug-likeness (QED) is 0.806. The molecule has 0 atom stereocenters. The molecule has 0 saturated carbocycles. The molecule has 1 saturated heterocycles. The summed E-state index contributed by atoms with van der Waals surface area (Å²) in [6, 6.07) is 12.5. The van der Waals surface area contributed by atoms with Gasteiger partial charge in [0, 0.05) is 29.9 Å². The molecule has 1 heterocycles. The maximum absolute atomic E-state index is 12.6. The van der Waals surface area contributed by atoms with Crippen LogP contribution < -0.4 is 19.7 Å². The second kappa shape index (κ2) is 8.58. The molecule has 0 spiro atoms. The summed E-state index contributed by atoms with van der Waals surface area (Å²) in [4.78, 5) is 26.3. The van der Waals surface area contributed by atoms with Gasteiger partial charge in [-0.3, -0.25) is 9.59 Å². The summed E-state index contributed by atoms with van der Waals surface area (Å²) in [6.07, 6.45) is 1.44. The lowest BCUT2D eigenvalue weighted by Gasteiger charge is -2.17. The SMILES string of the molecule is CCOc1ccc(C(=O)Nc2cccc(N3CCCC3=O)c2)cc1OCC.